The van der Waals surface area contributed by atoms with Crippen LogP contribution in [0.25, 0.3) is 0 Å². The molecule has 4 amide bonds. The molecule has 0 spiro atoms. The van der Waals surface area contributed by atoms with Crippen molar-refractivity contribution >= 4 is 17.7 Å². The molecule has 4 rings (SSSR count). The minimum atomic E-state index is -4.78. The molecule has 3 fully saturated rings. The Labute approximate surface area is 195 Å². The lowest BCUT2D eigenvalue weighted by atomic mass is 10.0. The van der Waals surface area contributed by atoms with E-state index in [2.05, 4.69) is 20.7 Å². The molecule has 1 saturated heterocycles. The maximum atomic E-state index is 13.0. The summed E-state index contributed by atoms with van der Waals surface area (Å²) in [6, 6.07) is 5.39. The number of rotatable bonds is 7. The van der Waals surface area contributed by atoms with Crippen molar-refractivity contribution in [3.05, 3.63) is 36.2 Å². The SMILES string of the molecule is CNC(=O)N1C[C@H](N(C(=O)NC/C(N)=C/Nc2cccc(OC(F)(F)F)c2)C2CC2)CC2CC21. The number of urea groups is 2. The summed E-state index contributed by atoms with van der Waals surface area (Å²) in [7, 11) is 1.61. The van der Waals surface area contributed by atoms with Crippen molar-refractivity contribution in [2.75, 3.05) is 25.5 Å². The van der Waals surface area contributed by atoms with Crippen molar-refractivity contribution in [3.63, 3.8) is 0 Å². The summed E-state index contributed by atoms with van der Waals surface area (Å²) in [4.78, 5) is 28.9. The average molecular weight is 483 g/mol. The number of piperidine rings is 1. The number of hydrogen-bond acceptors (Lipinski definition) is 5. The van der Waals surface area contributed by atoms with Gasteiger partial charge < -0.3 is 36.2 Å². The molecule has 3 atom stereocenters. The Morgan fingerprint density at radius 2 is 2.03 bits per heavy atom. The number of amides is 4. The minimum absolute atomic E-state index is 0.0479. The predicted octanol–water partition coefficient (Wildman–Crippen LogP) is 2.77. The number of carbonyl (C=O) groups excluding carboxylic acids is 2. The number of halogens is 3. The fourth-order valence-corrected chi connectivity index (χ4v) is 4.49. The Bertz CT molecular complexity index is 952. The zero-order valence-corrected chi connectivity index (χ0v) is 18.8. The Hall–Kier alpha value is -3.31. The van der Waals surface area contributed by atoms with Crippen LogP contribution < -0.4 is 26.4 Å². The Morgan fingerprint density at radius 1 is 1.26 bits per heavy atom. The highest BCUT2D eigenvalue weighted by Crippen LogP contribution is 2.45. The first-order chi connectivity index (χ1) is 16.1. The zero-order valence-electron chi connectivity index (χ0n) is 18.8. The van der Waals surface area contributed by atoms with Crippen molar-refractivity contribution in [1.82, 2.24) is 20.4 Å². The van der Waals surface area contributed by atoms with Gasteiger partial charge in [0.15, 0.2) is 0 Å². The molecule has 1 aromatic carbocycles. The highest BCUT2D eigenvalue weighted by molar-refractivity contribution is 5.77. The van der Waals surface area contributed by atoms with Gasteiger partial charge in [-0.1, -0.05) is 6.07 Å². The smallest absolute Gasteiger partial charge is 0.406 e. The van der Waals surface area contributed by atoms with Crippen LogP contribution in [-0.2, 0) is 0 Å². The maximum absolute atomic E-state index is 13.0. The quantitative estimate of drug-likeness (QED) is 0.478. The number of carbonyl (C=O) groups is 2. The van der Waals surface area contributed by atoms with Crippen LogP contribution in [0.3, 0.4) is 0 Å². The number of nitrogens with zero attached hydrogens (tertiary/aromatic N) is 2. The number of fused-ring (bicyclic) bond motifs is 1. The van der Waals surface area contributed by atoms with E-state index in [0.29, 0.717) is 23.8 Å². The zero-order chi connectivity index (χ0) is 24.5. The van der Waals surface area contributed by atoms with E-state index in [1.54, 1.807) is 13.1 Å². The number of alkyl halides is 3. The standard InChI is InChI=1S/C22H29F3N6O3/c1-27-20(32)30-12-17(7-13-8-19(13)30)31(16-5-6-16)21(33)29-11-14(26)10-28-15-3-2-4-18(9-15)34-22(23,24)25/h2-4,9-10,13,16-17,19,28H,5-8,11-12,26H2,1H3,(H,27,32)(H,29,33)/b14-10-/t13?,17-,19?/m1/s1. The van der Waals surface area contributed by atoms with E-state index in [1.807, 2.05) is 9.80 Å². The van der Waals surface area contributed by atoms with Crippen LogP contribution in [0.4, 0.5) is 28.4 Å². The summed E-state index contributed by atoms with van der Waals surface area (Å²) < 4.78 is 41.1. The first kappa shape index (κ1) is 23.8. The molecule has 2 unspecified atom stereocenters. The van der Waals surface area contributed by atoms with Gasteiger partial charge in [-0.15, -0.1) is 13.2 Å². The number of ether oxygens (including phenoxy) is 1. The van der Waals surface area contributed by atoms with Gasteiger partial charge in [-0.2, -0.15) is 0 Å². The van der Waals surface area contributed by atoms with Crippen molar-refractivity contribution in [2.24, 2.45) is 11.7 Å². The highest BCUT2D eigenvalue weighted by Gasteiger charge is 2.52. The normalized spacial score (nSPS) is 24.1. The Kier molecular flexibility index (Phi) is 6.67. The topological polar surface area (TPSA) is 112 Å². The van der Waals surface area contributed by atoms with Gasteiger partial charge in [0.1, 0.15) is 5.75 Å². The van der Waals surface area contributed by atoms with Crippen LogP contribution >= 0.6 is 0 Å². The molecule has 1 heterocycles. The van der Waals surface area contributed by atoms with Crippen LogP contribution in [0.15, 0.2) is 36.2 Å². The first-order valence-corrected chi connectivity index (χ1v) is 11.3. The molecule has 1 aliphatic heterocycles. The second-order valence-corrected chi connectivity index (χ2v) is 8.90. The van der Waals surface area contributed by atoms with Crippen molar-refractivity contribution in [3.8, 4) is 5.75 Å². The fourth-order valence-electron chi connectivity index (χ4n) is 4.49. The average Bonchev–Trinajstić information content (AvgIpc) is 3.69. The minimum Gasteiger partial charge on any atom is -0.406 e. The van der Waals surface area contributed by atoms with Crippen LogP contribution in [0.1, 0.15) is 25.7 Å². The van der Waals surface area contributed by atoms with Crippen molar-refractivity contribution < 1.29 is 27.5 Å². The van der Waals surface area contributed by atoms with Gasteiger partial charge in [-0.25, -0.2) is 9.59 Å². The van der Waals surface area contributed by atoms with E-state index in [1.165, 1.54) is 24.4 Å². The van der Waals surface area contributed by atoms with Gasteiger partial charge in [-0.3, -0.25) is 0 Å². The molecule has 0 aromatic heterocycles. The molecular formula is C22H29F3N6O3. The second kappa shape index (κ2) is 9.51. The van der Waals surface area contributed by atoms with Gasteiger partial charge in [0, 0.05) is 49.3 Å². The van der Waals surface area contributed by atoms with Gasteiger partial charge in [0.05, 0.1) is 12.6 Å². The molecule has 2 aliphatic carbocycles. The lowest BCUT2D eigenvalue weighted by Crippen LogP contribution is -2.56. The van der Waals surface area contributed by atoms with Gasteiger partial charge in [0.2, 0.25) is 0 Å². The molecule has 0 radical (unpaired) electrons. The summed E-state index contributed by atoms with van der Waals surface area (Å²) in [6.45, 7) is 0.569. The maximum Gasteiger partial charge on any atom is 0.573 e. The van der Waals surface area contributed by atoms with Crippen LogP contribution in [0, 0.1) is 5.92 Å². The predicted molar refractivity (Wildman–Crippen MR) is 119 cm³/mol. The van der Waals surface area contributed by atoms with Crippen molar-refractivity contribution in [2.45, 2.75) is 50.2 Å². The Balaban J connectivity index is 1.32. The molecule has 0 bridgehead atoms. The van der Waals surface area contributed by atoms with E-state index in [4.69, 9.17) is 5.73 Å². The third-order valence-corrected chi connectivity index (χ3v) is 6.25. The summed E-state index contributed by atoms with van der Waals surface area (Å²) in [5.74, 6) is 0.0744. The first-order valence-electron chi connectivity index (χ1n) is 11.3. The molecule has 186 valence electrons. The highest BCUT2D eigenvalue weighted by atomic mass is 19.4. The molecule has 1 aromatic rings. The van der Waals surface area contributed by atoms with Crippen LogP contribution in [0.5, 0.6) is 5.75 Å². The number of likely N-dealkylation sites (tertiary alicyclic amines) is 1. The molecule has 9 nitrogen and oxygen atoms in total. The monoisotopic (exact) mass is 482 g/mol. The molecule has 2 saturated carbocycles. The third kappa shape index (κ3) is 5.97. The largest absolute Gasteiger partial charge is 0.573 e. The molecule has 3 aliphatic rings. The number of nitrogens with one attached hydrogen (secondary N) is 3. The number of hydrogen-bond donors (Lipinski definition) is 4. The van der Waals surface area contributed by atoms with E-state index >= 15 is 0 Å². The summed E-state index contributed by atoms with van der Waals surface area (Å²) in [5.41, 5.74) is 6.63. The van der Waals surface area contributed by atoms with E-state index in [0.717, 1.165) is 25.7 Å². The second-order valence-electron chi connectivity index (χ2n) is 8.90. The lowest BCUT2D eigenvalue weighted by molar-refractivity contribution is -0.274. The number of anilines is 1. The number of nitrogens with two attached hydrogens (primary N) is 1. The van der Waals surface area contributed by atoms with Crippen LogP contribution in [-0.4, -0.2) is 66.5 Å². The van der Waals surface area contributed by atoms with E-state index in [9.17, 15) is 22.8 Å². The molecule has 34 heavy (non-hydrogen) atoms. The van der Waals surface area contributed by atoms with Crippen molar-refractivity contribution in [1.29, 1.82) is 0 Å². The van der Waals surface area contributed by atoms with Gasteiger partial charge in [-0.05, 0) is 43.7 Å². The molecular weight excluding hydrogens is 453 g/mol. The summed E-state index contributed by atoms with van der Waals surface area (Å²) >= 11 is 0. The van der Waals surface area contributed by atoms with E-state index in [-0.39, 0.29) is 42.5 Å². The van der Waals surface area contributed by atoms with E-state index < -0.39 is 6.36 Å². The van der Waals surface area contributed by atoms with Crippen LogP contribution in [0.2, 0.25) is 0 Å². The fraction of sp³-hybridized carbons (Fsp3) is 0.545. The number of benzene rings is 1. The Morgan fingerprint density at radius 3 is 2.71 bits per heavy atom. The third-order valence-electron chi connectivity index (χ3n) is 6.25. The lowest BCUT2D eigenvalue weighted by Gasteiger charge is -2.39. The summed E-state index contributed by atoms with van der Waals surface area (Å²) in [6.07, 6.45) is 0.354. The molecule has 5 N–H and O–H groups in total. The molecule has 12 heteroatoms. The van der Waals surface area contributed by atoms with Gasteiger partial charge >= 0.3 is 18.4 Å². The summed E-state index contributed by atoms with van der Waals surface area (Å²) in [5, 5.41) is 8.32. The van der Waals surface area contributed by atoms with Gasteiger partial charge in [0.25, 0.3) is 0 Å².